The number of para-hydroxylation sites is 2. The van der Waals surface area contributed by atoms with Crippen molar-refractivity contribution in [3.63, 3.8) is 0 Å². The van der Waals surface area contributed by atoms with Crippen LogP contribution in [0.4, 0.5) is 0 Å². The Morgan fingerprint density at radius 2 is 0.950 bits per heavy atom. The number of furan rings is 2. The van der Waals surface area contributed by atoms with Crippen LogP contribution in [-0.4, -0.2) is 0 Å². The maximum atomic E-state index is 5.90. The second-order valence-corrected chi connectivity index (χ2v) is 5.04. The molecule has 2 aromatic heterocycles. The van der Waals surface area contributed by atoms with E-state index in [-0.39, 0.29) is 0 Å². The molecule has 2 heteroatoms. The van der Waals surface area contributed by atoms with Crippen LogP contribution < -0.4 is 0 Å². The zero-order valence-electron chi connectivity index (χ0n) is 10.6. The van der Waals surface area contributed by atoms with Crippen molar-refractivity contribution in [3.05, 3.63) is 60.7 Å². The Balaban J connectivity index is 2.06. The van der Waals surface area contributed by atoms with E-state index >= 15 is 0 Å². The maximum absolute atomic E-state index is 5.90. The number of hydrogen-bond acceptors (Lipinski definition) is 2. The van der Waals surface area contributed by atoms with Gasteiger partial charge in [-0.3, -0.25) is 0 Å². The van der Waals surface area contributed by atoms with Crippen molar-refractivity contribution < 1.29 is 8.83 Å². The predicted octanol–water partition coefficient (Wildman–Crippen LogP) is 5.49. The third-order valence-electron chi connectivity index (χ3n) is 3.88. The quantitative estimate of drug-likeness (QED) is 0.367. The van der Waals surface area contributed by atoms with Crippen molar-refractivity contribution in [2.24, 2.45) is 0 Å². The molecule has 94 valence electrons. The molecule has 0 aliphatic heterocycles. The van der Waals surface area contributed by atoms with E-state index < -0.39 is 0 Å². The van der Waals surface area contributed by atoms with Gasteiger partial charge in [0.15, 0.2) is 0 Å². The largest absolute Gasteiger partial charge is 0.456 e. The highest BCUT2D eigenvalue weighted by molar-refractivity contribution is 6.14. The molecule has 0 saturated carbocycles. The van der Waals surface area contributed by atoms with Crippen LogP contribution in [0, 0.1) is 0 Å². The van der Waals surface area contributed by atoms with Crippen molar-refractivity contribution in [2.45, 2.75) is 0 Å². The van der Waals surface area contributed by atoms with Gasteiger partial charge in [-0.15, -0.1) is 0 Å². The number of fused-ring (bicyclic) bond motifs is 6. The van der Waals surface area contributed by atoms with E-state index in [1.807, 2.05) is 42.5 Å². The fraction of sp³-hybridized carbons (Fsp3) is 0. The summed E-state index contributed by atoms with van der Waals surface area (Å²) < 4.78 is 11.8. The van der Waals surface area contributed by atoms with Crippen molar-refractivity contribution in [1.82, 2.24) is 0 Å². The molecule has 2 nitrogen and oxygen atoms in total. The maximum Gasteiger partial charge on any atom is 0.139 e. The summed E-state index contributed by atoms with van der Waals surface area (Å²) in [5.41, 5.74) is 3.58. The third-order valence-corrected chi connectivity index (χ3v) is 3.88. The monoisotopic (exact) mass is 258 g/mol. The molecule has 20 heavy (non-hydrogen) atoms. The van der Waals surface area contributed by atoms with Gasteiger partial charge >= 0.3 is 0 Å². The first kappa shape index (κ1) is 10.1. The summed E-state index contributed by atoms with van der Waals surface area (Å²) in [4.78, 5) is 0. The van der Waals surface area contributed by atoms with Gasteiger partial charge in [0.05, 0.1) is 0 Å². The van der Waals surface area contributed by atoms with Crippen LogP contribution in [-0.2, 0) is 0 Å². The van der Waals surface area contributed by atoms with E-state index in [9.17, 15) is 0 Å². The van der Waals surface area contributed by atoms with E-state index in [1.165, 1.54) is 0 Å². The topological polar surface area (TPSA) is 26.3 Å². The molecule has 3 aromatic carbocycles. The van der Waals surface area contributed by atoms with Crippen molar-refractivity contribution >= 4 is 43.9 Å². The van der Waals surface area contributed by atoms with Gasteiger partial charge < -0.3 is 8.83 Å². The van der Waals surface area contributed by atoms with Gasteiger partial charge in [-0.05, 0) is 18.2 Å². The Morgan fingerprint density at radius 1 is 0.450 bits per heavy atom. The first-order chi connectivity index (χ1) is 9.90. The van der Waals surface area contributed by atoms with Crippen LogP contribution in [0.1, 0.15) is 0 Å². The van der Waals surface area contributed by atoms with Crippen molar-refractivity contribution in [3.8, 4) is 0 Å². The minimum Gasteiger partial charge on any atom is -0.456 e. The number of benzene rings is 3. The van der Waals surface area contributed by atoms with Gasteiger partial charge in [0.25, 0.3) is 0 Å². The highest BCUT2D eigenvalue weighted by Crippen LogP contribution is 2.36. The molecule has 0 aliphatic carbocycles. The normalized spacial score (nSPS) is 12.0. The molecule has 0 atom stereocenters. The molecule has 0 radical (unpaired) electrons. The summed E-state index contributed by atoms with van der Waals surface area (Å²) in [7, 11) is 0. The summed E-state index contributed by atoms with van der Waals surface area (Å²) in [6.45, 7) is 0. The predicted molar refractivity (Wildman–Crippen MR) is 81.0 cm³/mol. The second-order valence-electron chi connectivity index (χ2n) is 5.04. The summed E-state index contributed by atoms with van der Waals surface area (Å²) in [5, 5.41) is 4.57. The van der Waals surface area contributed by atoms with Crippen LogP contribution in [0.15, 0.2) is 69.5 Å². The molecule has 0 saturated heterocycles. The SMILES string of the molecule is c1ccc2c(c1)oc1cc3oc4ccccc4c3cc12. The molecule has 0 bridgehead atoms. The molecule has 0 amide bonds. The first-order valence-corrected chi connectivity index (χ1v) is 6.63. The van der Waals surface area contributed by atoms with Gasteiger partial charge in [-0.1, -0.05) is 36.4 Å². The van der Waals surface area contributed by atoms with E-state index in [0.717, 1.165) is 43.9 Å². The second kappa shape index (κ2) is 3.42. The Kier molecular flexibility index (Phi) is 1.73. The Morgan fingerprint density at radius 3 is 1.50 bits per heavy atom. The highest BCUT2D eigenvalue weighted by atomic mass is 16.3. The lowest BCUT2D eigenvalue weighted by atomic mass is 10.1. The van der Waals surface area contributed by atoms with E-state index in [2.05, 4.69) is 18.2 Å². The highest BCUT2D eigenvalue weighted by Gasteiger charge is 2.12. The average Bonchev–Trinajstić information content (AvgIpc) is 3.02. The summed E-state index contributed by atoms with van der Waals surface area (Å²) in [6, 6.07) is 20.4. The minimum absolute atomic E-state index is 0.873. The van der Waals surface area contributed by atoms with Crippen molar-refractivity contribution in [1.29, 1.82) is 0 Å². The zero-order chi connectivity index (χ0) is 13.1. The lowest BCUT2D eigenvalue weighted by Crippen LogP contribution is -1.68. The molecular formula is C18H10O2. The smallest absolute Gasteiger partial charge is 0.139 e. The third kappa shape index (κ3) is 1.18. The lowest BCUT2D eigenvalue weighted by Gasteiger charge is -1.91. The molecule has 5 rings (SSSR count). The number of hydrogen-bond donors (Lipinski definition) is 0. The lowest BCUT2D eigenvalue weighted by molar-refractivity contribution is 0.656. The van der Waals surface area contributed by atoms with E-state index in [1.54, 1.807) is 0 Å². The number of rotatable bonds is 0. The van der Waals surface area contributed by atoms with E-state index in [4.69, 9.17) is 8.83 Å². The molecular weight excluding hydrogens is 248 g/mol. The molecule has 0 N–H and O–H groups in total. The molecule has 0 aliphatic rings. The minimum atomic E-state index is 0.873. The molecule has 0 spiro atoms. The molecule has 0 unspecified atom stereocenters. The van der Waals surface area contributed by atoms with Gasteiger partial charge in [-0.2, -0.15) is 0 Å². The van der Waals surface area contributed by atoms with Gasteiger partial charge in [0.2, 0.25) is 0 Å². The Hall–Kier alpha value is -2.74. The summed E-state index contributed by atoms with van der Waals surface area (Å²) >= 11 is 0. The zero-order valence-corrected chi connectivity index (χ0v) is 10.6. The summed E-state index contributed by atoms with van der Waals surface area (Å²) in [6.07, 6.45) is 0. The fourth-order valence-electron chi connectivity index (χ4n) is 2.94. The van der Waals surface area contributed by atoms with E-state index in [0.29, 0.717) is 0 Å². The Labute approximate surface area is 114 Å². The van der Waals surface area contributed by atoms with Crippen LogP contribution in [0.25, 0.3) is 43.9 Å². The molecule has 0 fully saturated rings. The van der Waals surface area contributed by atoms with Crippen LogP contribution >= 0.6 is 0 Å². The van der Waals surface area contributed by atoms with Gasteiger partial charge in [0, 0.05) is 27.6 Å². The first-order valence-electron chi connectivity index (χ1n) is 6.63. The molecule has 2 heterocycles. The average molecular weight is 258 g/mol. The summed E-state index contributed by atoms with van der Waals surface area (Å²) in [5.74, 6) is 0. The Bertz CT molecular complexity index is 1010. The van der Waals surface area contributed by atoms with Crippen LogP contribution in [0.2, 0.25) is 0 Å². The van der Waals surface area contributed by atoms with Crippen molar-refractivity contribution in [2.75, 3.05) is 0 Å². The van der Waals surface area contributed by atoms with Crippen LogP contribution in [0.3, 0.4) is 0 Å². The standard InChI is InChI=1S/C18H10O2/c1-3-7-15-11(5-1)13-9-14-12-6-2-4-8-16(12)20-18(14)10-17(13)19-15/h1-10H. The van der Waals surface area contributed by atoms with Crippen LogP contribution in [0.5, 0.6) is 0 Å². The fourth-order valence-corrected chi connectivity index (χ4v) is 2.94. The van der Waals surface area contributed by atoms with Gasteiger partial charge in [-0.25, -0.2) is 0 Å². The van der Waals surface area contributed by atoms with Gasteiger partial charge in [0.1, 0.15) is 22.3 Å². The molecule has 5 aromatic rings.